The molecule has 1 aromatic carbocycles. The number of nitrogens with zero attached hydrogens (tertiary/aromatic N) is 4. The van der Waals surface area contributed by atoms with Crippen LogP contribution >= 0.6 is 0 Å². The number of benzene rings is 1. The predicted octanol–water partition coefficient (Wildman–Crippen LogP) is 2.83. The molecule has 4 bridgehead atoms. The van der Waals surface area contributed by atoms with Crippen molar-refractivity contribution in [2.24, 2.45) is 17.8 Å². The second-order valence-electron chi connectivity index (χ2n) is 7.75. The highest BCUT2D eigenvalue weighted by Gasteiger charge is 2.53. The van der Waals surface area contributed by atoms with Crippen LogP contribution in [0.1, 0.15) is 54.7 Å². The van der Waals surface area contributed by atoms with Crippen molar-refractivity contribution in [2.75, 3.05) is 0 Å². The topological polar surface area (TPSA) is 60.7 Å². The molecule has 6 rings (SSSR count). The summed E-state index contributed by atoms with van der Waals surface area (Å²) < 4.78 is 1.90. The quantitative estimate of drug-likeness (QED) is 0.818. The molecule has 5 heteroatoms. The van der Waals surface area contributed by atoms with Gasteiger partial charge >= 0.3 is 0 Å². The van der Waals surface area contributed by atoms with Crippen molar-refractivity contribution in [3.05, 3.63) is 41.7 Å². The van der Waals surface area contributed by atoms with Gasteiger partial charge in [-0.25, -0.2) is 4.68 Å². The van der Waals surface area contributed by atoms with Gasteiger partial charge in [0.15, 0.2) is 0 Å². The SMILES string of the molecule is O=C(c1ccccc1)c1nnnn1C12CC3CC(CC(C3)C1)C2. The van der Waals surface area contributed by atoms with Crippen molar-refractivity contribution in [3.63, 3.8) is 0 Å². The molecule has 2 aromatic rings. The first-order chi connectivity index (χ1) is 11.2. The van der Waals surface area contributed by atoms with E-state index in [0.717, 1.165) is 37.0 Å². The van der Waals surface area contributed by atoms with Gasteiger partial charge in [0.05, 0.1) is 5.54 Å². The van der Waals surface area contributed by atoms with Crippen molar-refractivity contribution in [3.8, 4) is 0 Å². The molecule has 4 aliphatic carbocycles. The Kier molecular flexibility index (Phi) is 2.75. The molecule has 0 atom stereocenters. The van der Waals surface area contributed by atoms with E-state index in [9.17, 15) is 4.79 Å². The molecule has 0 unspecified atom stereocenters. The van der Waals surface area contributed by atoms with E-state index in [1.54, 1.807) is 0 Å². The van der Waals surface area contributed by atoms with Crippen molar-refractivity contribution in [1.29, 1.82) is 0 Å². The van der Waals surface area contributed by atoms with Gasteiger partial charge in [-0.1, -0.05) is 30.3 Å². The number of carbonyl (C=O) groups excluding carboxylic acids is 1. The number of hydrogen-bond donors (Lipinski definition) is 0. The van der Waals surface area contributed by atoms with Crippen LogP contribution < -0.4 is 0 Å². The van der Waals surface area contributed by atoms with Gasteiger partial charge in [0, 0.05) is 5.56 Å². The number of ketones is 1. The monoisotopic (exact) mass is 308 g/mol. The third-order valence-electron chi connectivity index (χ3n) is 6.16. The summed E-state index contributed by atoms with van der Waals surface area (Å²) in [4.78, 5) is 12.9. The molecule has 4 fully saturated rings. The van der Waals surface area contributed by atoms with Crippen LogP contribution in [0.5, 0.6) is 0 Å². The smallest absolute Gasteiger partial charge is 0.231 e. The minimum atomic E-state index is -0.0636. The molecule has 0 saturated heterocycles. The molecular weight excluding hydrogens is 288 g/mol. The Labute approximate surface area is 135 Å². The Balaban J connectivity index is 1.56. The third kappa shape index (κ3) is 1.98. The summed E-state index contributed by atoms with van der Waals surface area (Å²) in [6.07, 6.45) is 7.51. The maximum Gasteiger partial charge on any atom is 0.231 e. The van der Waals surface area contributed by atoms with Gasteiger partial charge in [-0.15, -0.1) is 5.10 Å². The molecule has 1 heterocycles. The van der Waals surface area contributed by atoms with Crippen LogP contribution in [0.2, 0.25) is 0 Å². The molecule has 118 valence electrons. The Bertz CT molecular complexity index is 716. The molecule has 4 saturated carbocycles. The molecule has 1 aromatic heterocycles. The van der Waals surface area contributed by atoms with Crippen LogP contribution in [0, 0.1) is 17.8 Å². The van der Waals surface area contributed by atoms with Crippen LogP contribution in [0.25, 0.3) is 0 Å². The van der Waals surface area contributed by atoms with E-state index in [2.05, 4.69) is 15.5 Å². The lowest BCUT2D eigenvalue weighted by Gasteiger charge is -2.56. The molecule has 5 nitrogen and oxygen atoms in total. The maximum absolute atomic E-state index is 12.9. The first kappa shape index (κ1) is 13.4. The first-order valence-electron chi connectivity index (χ1n) is 8.62. The largest absolute Gasteiger partial charge is 0.285 e. The summed E-state index contributed by atoms with van der Waals surface area (Å²) in [5, 5.41) is 12.3. The van der Waals surface area contributed by atoms with E-state index >= 15 is 0 Å². The van der Waals surface area contributed by atoms with Crippen LogP contribution in [0.4, 0.5) is 0 Å². The minimum absolute atomic E-state index is 0.0158. The van der Waals surface area contributed by atoms with E-state index in [0.29, 0.717) is 11.4 Å². The highest BCUT2D eigenvalue weighted by atomic mass is 16.1. The fourth-order valence-corrected chi connectivity index (χ4v) is 5.69. The van der Waals surface area contributed by atoms with Gasteiger partial charge in [0.1, 0.15) is 0 Å². The second-order valence-corrected chi connectivity index (χ2v) is 7.75. The maximum atomic E-state index is 12.9. The lowest BCUT2D eigenvalue weighted by atomic mass is 9.53. The van der Waals surface area contributed by atoms with Gasteiger partial charge in [-0.2, -0.15) is 0 Å². The van der Waals surface area contributed by atoms with Crippen molar-refractivity contribution < 1.29 is 4.79 Å². The molecule has 0 aliphatic heterocycles. The lowest BCUT2D eigenvalue weighted by molar-refractivity contribution is -0.0511. The van der Waals surface area contributed by atoms with Crippen LogP contribution in [0.15, 0.2) is 30.3 Å². The van der Waals surface area contributed by atoms with Gasteiger partial charge in [-0.3, -0.25) is 4.79 Å². The molecule has 0 amide bonds. The predicted molar refractivity (Wildman–Crippen MR) is 83.8 cm³/mol. The fraction of sp³-hybridized carbons (Fsp3) is 0.556. The average molecular weight is 308 g/mol. The third-order valence-corrected chi connectivity index (χ3v) is 6.16. The van der Waals surface area contributed by atoms with Gasteiger partial charge in [0.25, 0.3) is 0 Å². The second kappa shape index (κ2) is 4.73. The van der Waals surface area contributed by atoms with E-state index in [1.807, 2.05) is 35.0 Å². The lowest BCUT2D eigenvalue weighted by Crippen LogP contribution is -2.53. The van der Waals surface area contributed by atoms with Crippen LogP contribution in [-0.2, 0) is 5.54 Å². The number of rotatable bonds is 3. The number of tetrazole rings is 1. The summed E-state index contributed by atoms with van der Waals surface area (Å²) in [6.45, 7) is 0. The number of carbonyl (C=O) groups is 1. The van der Waals surface area contributed by atoms with Crippen molar-refractivity contribution in [1.82, 2.24) is 20.2 Å². The normalized spacial score (nSPS) is 34.7. The zero-order valence-electron chi connectivity index (χ0n) is 13.1. The summed E-state index contributed by atoms with van der Waals surface area (Å²) in [7, 11) is 0. The summed E-state index contributed by atoms with van der Waals surface area (Å²) >= 11 is 0. The summed E-state index contributed by atoms with van der Waals surface area (Å²) in [5.41, 5.74) is 0.645. The molecule has 23 heavy (non-hydrogen) atoms. The standard InChI is InChI=1S/C18H20N4O/c23-16(15-4-2-1-3-5-15)17-19-20-21-22(17)18-9-12-6-13(10-18)8-14(7-12)11-18/h1-5,12-14H,6-11H2. The van der Waals surface area contributed by atoms with Gasteiger partial charge < -0.3 is 0 Å². The minimum Gasteiger partial charge on any atom is -0.285 e. The first-order valence-corrected chi connectivity index (χ1v) is 8.62. The summed E-state index contributed by atoms with van der Waals surface area (Å²) in [6, 6.07) is 9.35. The van der Waals surface area contributed by atoms with E-state index in [1.165, 1.54) is 19.3 Å². The molecule has 4 aliphatic rings. The molecule has 0 spiro atoms. The Morgan fingerprint density at radius 2 is 1.61 bits per heavy atom. The molecule has 0 N–H and O–H groups in total. The Hall–Kier alpha value is -2.04. The van der Waals surface area contributed by atoms with E-state index < -0.39 is 0 Å². The van der Waals surface area contributed by atoms with Crippen molar-refractivity contribution in [2.45, 2.75) is 44.1 Å². The fourth-order valence-electron chi connectivity index (χ4n) is 5.69. The molecular formula is C18H20N4O. The van der Waals surface area contributed by atoms with E-state index in [4.69, 9.17) is 0 Å². The van der Waals surface area contributed by atoms with Gasteiger partial charge in [-0.05, 0) is 66.7 Å². The van der Waals surface area contributed by atoms with E-state index in [-0.39, 0.29) is 11.3 Å². The number of aromatic nitrogens is 4. The zero-order chi connectivity index (χ0) is 15.4. The van der Waals surface area contributed by atoms with Crippen LogP contribution in [-0.4, -0.2) is 26.0 Å². The zero-order valence-corrected chi connectivity index (χ0v) is 13.1. The van der Waals surface area contributed by atoms with Crippen molar-refractivity contribution >= 4 is 5.78 Å². The Morgan fingerprint density at radius 3 is 2.22 bits per heavy atom. The number of hydrogen-bond acceptors (Lipinski definition) is 4. The van der Waals surface area contributed by atoms with Gasteiger partial charge in [0.2, 0.25) is 11.6 Å². The highest BCUT2D eigenvalue weighted by Crippen LogP contribution is 2.58. The van der Waals surface area contributed by atoms with Crippen LogP contribution in [0.3, 0.4) is 0 Å². The average Bonchev–Trinajstić information content (AvgIpc) is 3.04. The highest BCUT2D eigenvalue weighted by molar-refractivity contribution is 6.06. The Morgan fingerprint density at radius 1 is 1.00 bits per heavy atom. The summed E-state index contributed by atoms with van der Waals surface area (Å²) in [5.74, 6) is 2.74. The molecule has 0 radical (unpaired) electrons.